The average Bonchev–Trinajstić information content (AvgIpc) is 2.82. The fourth-order valence-corrected chi connectivity index (χ4v) is 6.03. The molecule has 0 aromatic rings. The third-order valence-electron chi connectivity index (χ3n) is 6.52. The van der Waals surface area contributed by atoms with Crippen LogP contribution in [0.4, 0.5) is 0 Å². The first-order chi connectivity index (χ1) is 16.1. The van der Waals surface area contributed by atoms with Crippen molar-refractivity contribution < 1.29 is 18.3 Å². The molecule has 0 saturated heterocycles. The molecule has 0 N–H and O–H groups in total. The average molecular weight is 491 g/mol. The zero-order chi connectivity index (χ0) is 24.5. The molecule has 4 nitrogen and oxygen atoms in total. The van der Waals surface area contributed by atoms with Crippen molar-refractivity contribution in [2.24, 2.45) is 5.92 Å². The molecule has 33 heavy (non-hydrogen) atoms. The van der Waals surface area contributed by atoms with E-state index >= 15 is 0 Å². The molecule has 0 rings (SSSR count). The Labute approximate surface area is 207 Å². The Kier molecular flexibility index (Phi) is 25.3. The van der Waals surface area contributed by atoms with E-state index in [1.807, 2.05) is 0 Å². The van der Waals surface area contributed by atoms with Gasteiger partial charge in [0.1, 0.15) is 0 Å². The number of methoxy groups -OCH3 is 1. The number of hydrogen-bond acceptors (Lipinski definition) is 4. The Balaban J connectivity index is 3.97. The fraction of sp³-hybridized carbons (Fsp3) is 1.00. The molecule has 0 aromatic carbocycles. The molecule has 0 spiro atoms. The van der Waals surface area contributed by atoms with E-state index in [4.69, 9.17) is 13.8 Å². The summed E-state index contributed by atoms with van der Waals surface area (Å²) in [5.74, 6) is 0.403. The topological polar surface area (TPSA) is 44.8 Å². The quantitative estimate of drug-likeness (QED) is 0.0848. The van der Waals surface area contributed by atoms with Crippen LogP contribution >= 0.6 is 7.60 Å². The van der Waals surface area contributed by atoms with Crippen molar-refractivity contribution in [1.82, 2.24) is 0 Å². The van der Waals surface area contributed by atoms with Gasteiger partial charge in [-0.15, -0.1) is 0 Å². The Morgan fingerprint density at radius 3 is 1.61 bits per heavy atom. The zero-order valence-corrected chi connectivity index (χ0v) is 23.8. The van der Waals surface area contributed by atoms with Gasteiger partial charge in [-0.2, -0.15) is 0 Å². The summed E-state index contributed by atoms with van der Waals surface area (Å²) in [4.78, 5) is 0. The van der Waals surface area contributed by atoms with Crippen LogP contribution in [0.2, 0.25) is 0 Å². The van der Waals surface area contributed by atoms with Gasteiger partial charge >= 0.3 is 7.60 Å². The highest BCUT2D eigenvalue weighted by atomic mass is 31.2. The summed E-state index contributed by atoms with van der Waals surface area (Å²) < 4.78 is 30.4. The maximum atomic E-state index is 13.3. The van der Waals surface area contributed by atoms with Crippen molar-refractivity contribution in [2.45, 2.75) is 143 Å². The van der Waals surface area contributed by atoms with Crippen LogP contribution in [-0.4, -0.2) is 33.1 Å². The standard InChI is InChI=1S/C28H59O4P/c1-5-8-11-12-13-14-15-16-17-18-19-20-21-24-31-33(29,26-10-7-3)32-27-28(22-9-6-2)23-25-30-4/h28H,5-27H2,1-4H3. The third kappa shape index (κ3) is 22.3. The molecule has 0 fully saturated rings. The summed E-state index contributed by atoms with van der Waals surface area (Å²) in [5.41, 5.74) is 0. The van der Waals surface area contributed by atoms with E-state index in [0.717, 1.165) is 45.1 Å². The van der Waals surface area contributed by atoms with Gasteiger partial charge in [0.05, 0.1) is 19.4 Å². The minimum atomic E-state index is -2.98. The molecule has 2 unspecified atom stereocenters. The van der Waals surface area contributed by atoms with Crippen molar-refractivity contribution in [2.75, 3.05) is 33.1 Å². The van der Waals surface area contributed by atoms with Crippen molar-refractivity contribution >= 4 is 7.60 Å². The van der Waals surface area contributed by atoms with Gasteiger partial charge in [0.2, 0.25) is 0 Å². The van der Waals surface area contributed by atoms with E-state index < -0.39 is 7.60 Å². The Bertz CT molecular complexity index is 422. The maximum absolute atomic E-state index is 13.3. The minimum Gasteiger partial charge on any atom is -0.385 e. The van der Waals surface area contributed by atoms with E-state index in [-0.39, 0.29) is 0 Å². The van der Waals surface area contributed by atoms with Crippen LogP contribution in [0.3, 0.4) is 0 Å². The Morgan fingerprint density at radius 1 is 0.576 bits per heavy atom. The van der Waals surface area contributed by atoms with Gasteiger partial charge in [-0.1, -0.05) is 117 Å². The largest absolute Gasteiger partial charge is 0.385 e. The Morgan fingerprint density at radius 2 is 1.09 bits per heavy atom. The van der Waals surface area contributed by atoms with E-state index in [0.29, 0.717) is 25.3 Å². The van der Waals surface area contributed by atoms with Crippen LogP contribution in [0, 0.1) is 5.92 Å². The molecule has 0 aliphatic carbocycles. The fourth-order valence-electron chi connectivity index (χ4n) is 4.15. The van der Waals surface area contributed by atoms with Crippen LogP contribution in [0.25, 0.3) is 0 Å². The maximum Gasteiger partial charge on any atom is 0.330 e. The van der Waals surface area contributed by atoms with E-state index in [9.17, 15) is 4.57 Å². The molecule has 5 heteroatoms. The first-order valence-corrected chi connectivity index (χ1v) is 16.2. The molecule has 0 heterocycles. The molecule has 200 valence electrons. The van der Waals surface area contributed by atoms with Crippen LogP contribution in [0.5, 0.6) is 0 Å². The number of rotatable bonds is 27. The predicted molar refractivity (Wildman–Crippen MR) is 144 cm³/mol. The summed E-state index contributed by atoms with van der Waals surface area (Å²) in [6, 6.07) is 0. The lowest BCUT2D eigenvalue weighted by Gasteiger charge is -2.22. The van der Waals surface area contributed by atoms with Gasteiger partial charge in [-0.3, -0.25) is 4.57 Å². The summed E-state index contributed by atoms with van der Waals surface area (Å²) in [6.45, 7) is 8.44. The second kappa shape index (κ2) is 25.2. The van der Waals surface area contributed by atoms with Crippen LogP contribution in [0.1, 0.15) is 143 Å². The van der Waals surface area contributed by atoms with E-state index in [2.05, 4.69) is 20.8 Å². The monoisotopic (exact) mass is 490 g/mol. The second-order valence-electron chi connectivity index (χ2n) is 9.85. The van der Waals surface area contributed by atoms with E-state index in [1.54, 1.807) is 7.11 Å². The van der Waals surface area contributed by atoms with Crippen LogP contribution < -0.4 is 0 Å². The number of ether oxygens (including phenoxy) is 1. The lowest BCUT2D eigenvalue weighted by atomic mass is 10.0. The minimum absolute atomic E-state index is 0.403. The highest BCUT2D eigenvalue weighted by Crippen LogP contribution is 2.49. The summed E-state index contributed by atoms with van der Waals surface area (Å²) in [5, 5.41) is 0. The highest BCUT2D eigenvalue weighted by Gasteiger charge is 2.25. The molecular weight excluding hydrogens is 431 g/mol. The van der Waals surface area contributed by atoms with Gasteiger partial charge < -0.3 is 13.8 Å². The van der Waals surface area contributed by atoms with E-state index in [1.165, 1.54) is 83.5 Å². The summed E-state index contributed by atoms with van der Waals surface area (Å²) >= 11 is 0. The SMILES string of the molecule is CCCCCCCCCCCCCCCOP(=O)(CCCC)OCC(CCCC)CCOC. The molecule has 0 aromatic heterocycles. The summed E-state index contributed by atoms with van der Waals surface area (Å²) in [6.07, 6.45) is 24.1. The molecule has 0 radical (unpaired) electrons. The first kappa shape index (κ1) is 33.1. The lowest BCUT2D eigenvalue weighted by Crippen LogP contribution is -2.13. The molecule has 0 saturated carbocycles. The zero-order valence-electron chi connectivity index (χ0n) is 22.9. The third-order valence-corrected chi connectivity index (χ3v) is 8.51. The van der Waals surface area contributed by atoms with Crippen LogP contribution in [-0.2, 0) is 18.3 Å². The van der Waals surface area contributed by atoms with Gasteiger partial charge in [0.25, 0.3) is 0 Å². The Hall–Kier alpha value is 0.110. The van der Waals surface area contributed by atoms with Gasteiger partial charge in [-0.25, -0.2) is 0 Å². The highest BCUT2D eigenvalue weighted by molar-refractivity contribution is 7.53. The smallest absolute Gasteiger partial charge is 0.330 e. The molecule has 0 aliphatic heterocycles. The second-order valence-corrected chi connectivity index (χ2v) is 12.0. The summed E-state index contributed by atoms with van der Waals surface area (Å²) in [7, 11) is -1.24. The van der Waals surface area contributed by atoms with Crippen molar-refractivity contribution in [3.63, 3.8) is 0 Å². The molecule has 0 bridgehead atoms. The lowest BCUT2D eigenvalue weighted by molar-refractivity contribution is 0.134. The van der Waals surface area contributed by atoms with Gasteiger partial charge in [0, 0.05) is 13.7 Å². The molecule has 0 aliphatic rings. The van der Waals surface area contributed by atoms with Crippen molar-refractivity contribution in [3.8, 4) is 0 Å². The number of unbranched alkanes of at least 4 members (excludes halogenated alkanes) is 14. The van der Waals surface area contributed by atoms with Crippen molar-refractivity contribution in [1.29, 1.82) is 0 Å². The molecule has 2 atom stereocenters. The first-order valence-electron chi connectivity index (χ1n) is 14.5. The van der Waals surface area contributed by atoms with Crippen molar-refractivity contribution in [3.05, 3.63) is 0 Å². The van der Waals surface area contributed by atoms with Gasteiger partial charge in [-0.05, 0) is 31.6 Å². The normalized spacial score (nSPS) is 14.4. The van der Waals surface area contributed by atoms with Gasteiger partial charge in [0.15, 0.2) is 0 Å². The molecular formula is C28H59O4P. The van der Waals surface area contributed by atoms with Crippen LogP contribution in [0.15, 0.2) is 0 Å². The number of hydrogen-bond donors (Lipinski definition) is 0. The molecule has 0 amide bonds. The predicted octanol–water partition coefficient (Wildman–Crippen LogP) is 9.95.